The SMILES string of the molecule is CC1C(N)CCN1C(=O)CC1CCCC1. The first-order valence-corrected chi connectivity index (χ1v) is 6.23. The molecule has 2 unspecified atom stereocenters. The van der Waals surface area contributed by atoms with E-state index in [1.54, 1.807) is 0 Å². The largest absolute Gasteiger partial charge is 0.338 e. The van der Waals surface area contributed by atoms with E-state index in [0.29, 0.717) is 11.8 Å². The normalized spacial score (nSPS) is 32.5. The minimum absolute atomic E-state index is 0.192. The fourth-order valence-corrected chi connectivity index (χ4v) is 2.89. The van der Waals surface area contributed by atoms with Crippen LogP contribution in [0.3, 0.4) is 0 Å². The Kier molecular flexibility index (Phi) is 3.29. The molecule has 1 aliphatic heterocycles. The second-order valence-corrected chi connectivity index (χ2v) is 5.13. The first-order chi connectivity index (χ1) is 7.18. The van der Waals surface area contributed by atoms with Crippen LogP contribution >= 0.6 is 0 Å². The third-order valence-electron chi connectivity index (χ3n) is 4.07. The van der Waals surface area contributed by atoms with E-state index < -0.39 is 0 Å². The third-order valence-corrected chi connectivity index (χ3v) is 4.07. The van der Waals surface area contributed by atoms with Gasteiger partial charge in [0.25, 0.3) is 0 Å². The fraction of sp³-hybridized carbons (Fsp3) is 0.917. The Morgan fingerprint density at radius 2 is 2.00 bits per heavy atom. The average molecular weight is 210 g/mol. The van der Waals surface area contributed by atoms with Gasteiger partial charge in [-0.2, -0.15) is 0 Å². The van der Waals surface area contributed by atoms with Gasteiger partial charge in [-0.05, 0) is 32.1 Å². The highest BCUT2D eigenvalue weighted by Gasteiger charge is 2.32. The molecule has 0 bridgehead atoms. The topological polar surface area (TPSA) is 46.3 Å². The lowest BCUT2D eigenvalue weighted by Crippen LogP contribution is -2.40. The van der Waals surface area contributed by atoms with Gasteiger partial charge in [-0.1, -0.05) is 12.8 Å². The van der Waals surface area contributed by atoms with Crippen LogP contribution in [0.4, 0.5) is 0 Å². The minimum atomic E-state index is 0.192. The molecule has 1 amide bonds. The van der Waals surface area contributed by atoms with E-state index >= 15 is 0 Å². The second-order valence-electron chi connectivity index (χ2n) is 5.13. The molecule has 2 aliphatic rings. The summed E-state index contributed by atoms with van der Waals surface area (Å²) in [6, 6.07) is 0.441. The van der Waals surface area contributed by atoms with Gasteiger partial charge in [0, 0.05) is 25.0 Å². The van der Waals surface area contributed by atoms with Crippen molar-refractivity contribution in [3.63, 3.8) is 0 Å². The molecule has 0 aromatic heterocycles. The van der Waals surface area contributed by atoms with Crippen LogP contribution in [0.1, 0.15) is 45.4 Å². The number of nitrogens with two attached hydrogens (primary N) is 1. The summed E-state index contributed by atoms with van der Waals surface area (Å²) in [6.45, 7) is 2.94. The van der Waals surface area contributed by atoms with Crippen molar-refractivity contribution in [2.24, 2.45) is 11.7 Å². The molecule has 1 heterocycles. The van der Waals surface area contributed by atoms with Gasteiger partial charge in [-0.15, -0.1) is 0 Å². The van der Waals surface area contributed by atoms with E-state index in [0.717, 1.165) is 19.4 Å². The van der Waals surface area contributed by atoms with Crippen LogP contribution in [0.2, 0.25) is 0 Å². The maximum Gasteiger partial charge on any atom is 0.223 e. The summed E-state index contributed by atoms with van der Waals surface area (Å²) in [7, 11) is 0. The zero-order chi connectivity index (χ0) is 10.8. The van der Waals surface area contributed by atoms with Gasteiger partial charge in [0.1, 0.15) is 0 Å². The number of hydrogen-bond acceptors (Lipinski definition) is 2. The molecule has 15 heavy (non-hydrogen) atoms. The summed E-state index contributed by atoms with van der Waals surface area (Å²) in [5.41, 5.74) is 5.92. The van der Waals surface area contributed by atoms with Crippen molar-refractivity contribution >= 4 is 5.91 Å². The van der Waals surface area contributed by atoms with Crippen molar-refractivity contribution in [3.05, 3.63) is 0 Å². The van der Waals surface area contributed by atoms with Crippen molar-refractivity contribution in [2.75, 3.05) is 6.54 Å². The quantitative estimate of drug-likeness (QED) is 0.751. The lowest BCUT2D eigenvalue weighted by Gasteiger charge is -2.24. The van der Waals surface area contributed by atoms with Crippen molar-refractivity contribution in [3.8, 4) is 0 Å². The zero-order valence-electron chi connectivity index (χ0n) is 9.61. The number of amides is 1. The maximum absolute atomic E-state index is 12.0. The first-order valence-electron chi connectivity index (χ1n) is 6.23. The summed E-state index contributed by atoms with van der Waals surface area (Å²) < 4.78 is 0. The Morgan fingerprint density at radius 1 is 1.33 bits per heavy atom. The Labute approximate surface area is 92.0 Å². The van der Waals surface area contributed by atoms with E-state index in [1.165, 1.54) is 25.7 Å². The third kappa shape index (κ3) is 2.33. The molecule has 2 atom stereocenters. The predicted molar refractivity (Wildman–Crippen MR) is 60.3 cm³/mol. The molecular weight excluding hydrogens is 188 g/mol. The van der Waals surface area contributed by atoms with Crippen LogP contribution in [-0.2, 0) is 4.79 Å². The van der Waals surface area contributed by atoms with E-state index in [9.17, 15) is 4.79 Å². The van der Waals surface area contributed by atoms with Crippen LogP contribution in [0.25, 0.3) is 0 Å². The number of carbonyl (C=O) groups excluding carboxylic acids is 1. The summed E-state index contributed by atoms with van der Waals surface area (Å²) in [5.74, 6) is 0.990. The summed E-state index contributed by atoms with van der Waals surface area (Å²) in [6.07, 6.45) is 6.86. The predicted octanol–water partition coefficient (Wildman–Crippen LogP) is 1.51. The number of hydrogen-bond donors (Lipinski definition) is 1. The van der Waals surface area contributed by atoms with Gasteiger partial charge >= 0.3 is 0 Å². The number of nitrogens with zero attached hydrogens (tertiary/aromatic N) is 1. The molecule has 2 fully saturated rings. The molecule has 0 spiro atoms. The fourth-order valence-electron chi connectivity index (χ4n) is 2.89. The lowest BCUT2D eigenvalue weighted by atomic mass is 10.0. The van der Waals surface area contributed by atoms with Gasteiger partial charge in [-0.25, -0.2) is 0 Å². The summed E-state index contributed by atoms with van der Waals surface area (Å²) >= 11 is 0. The van der Waals surface area contributed by atoms with Gasteiger partial charge in [-0.3, -0.25) is 4.79 Å². The molecular formula is C12H22N2O. The smallest absolute Gasteiger partial charge is 0.223 e. The Balaban J connectivity index is 1.85. The molecule has 0 radical (unpaired) electrons. The number of rotatable bonds is 2. The molecule has 2 rings (SSSR count). The molecule has 1 saturated carbocycles. The van der Waals surface area contributed by atoms with Crippen LogP contribution < -0.4 is 5.73 Å². The van der Waals surface area contributed by atoms with Crippen molar-refractivity contribution in [2.45, 2.75) is 57.5 Å². The Hall–Kier alpha value is -0.570. The van der Waals surface area contributed by atoms with Crippen LogP contribution in [-0.4, -0.2) is 29.4 Å². The molecule has 0 aromatic rings. The Morgan fingerprint density at radius 3 is 2.53 bits per heavy atom. The highest BCUT2D eigenvalue weighted by molar-refractivity contribution is 5.77. The highest BCUT2D eigenvalue weighted by Crippen LogP contribution is 2.29. The molecule has 1 aliphatic carbocycles. The van der Waals surface area contributed by atoms with E-state index in [2.05, 4.69) is 6.92 Å². The lowest BCUT2D eigenvalue weighted by molar-refractivity contribution is -0.132. The van der Waals surface area contributed by atoms with E-state index in [-0.39, 0.29) is 12.1 Å². The van der Waals surface area contributed by atoms with Crippen molar-refractivity contribution < 1.29 is 4.79 Å². The van der Waals surface area contributed by atoms with Crippen molar-refractivity contribution in [1.82, 2.24) is 4.90 Å². The monoisotopic (exact) mass is 210 g/mol. The number of likely N-dealkylation sites (tertiary alicyclic amines) is 1. The molecule has 86 valence electrons. The Bertz CT molecular complexity index is 236. The maximum atomic E-state index is 12.0. The molecule has 1 saturated heterocycles. The molecule has 2 N–H and O–H groups in total. The van der Waals surface area contributed by atoms with Gasteiger partial charge in [0.2, 0.25) is 5.91 Å². The average Bonchev–Trinajstić information content (AvgIpc) is 2.79. The van der Waals surface area contributed by atoms with Crippen LogP contribution in [0.5, 0.6) is 0 Å². The van der Waals surface area contributed by atoms with E-state index in [4.69, 9.17) is 5.73 Å². The summed E-state index contributed by atoms with van der Waals surface area (Å²) in [4.78, 5) is 14.0. The molecule has 3 heteroatoms. The second kappa shape index (κ2) is 4.52. The van der Waals surface area contributed by atoms with Crippen LogP contribution in [0, 0.1) is 5.92 Å². The van der Waals surface area contributed by atoms with Gasteiger partial charge in [0.05, 0.1) is 0 Å². The standard InChI is InChI=1S/C12H22N2O/c1-9-11(13)6-7-14(9)12(15)8-10-4-2-3-5-10/h9-11H,2-8,13H2,1H3. The number of carbonyl (C=O) groups is 1. The zero-order valence-corrected chi connectivity index (χ0v) is 9.61. The van der Waals surface area contributed by atoms with Crippen molar-refractivity contribution in [1.29, 1.82) is 0 Å². The highest BCUT2D eigenvalue weighted by atomic mass is 16.2. The molecule has 3 nitrogen and oxygen atoms in total. The first kappa shape index (κ1) is 10.9. The van der Waals surface area contributed by atoms with Gasteiger partial charge in [0.15, 0.2) is 0 Å². The minimum Gasteiger partial charge on any atom is -0.338 e. The molecule has 0 aromatic carbocycles. The van der Waals surface area contributed by atoms with E-state index in [1.807, 2.05) is 4.90 Å². The van der Waals surface area contributed by atoms with Gasteiger partial charge < -0.3 is 10.6 Å². The summed E-state index contributed by atoms with van der Waals surface area (Å²) in [5, 5.41) is 0. The van der Waals surface area contributed by atoms with Crippen LogP contribution in [0.15, 0.2) is 0 Å².